The van der Waals surface area contributed by atoms with E-state index in [9.17, 15) is 9.59 Å². The molecule has 0 aliphatic heterocycles. The minimum Gasteiger partial charge on any atom is -0.543 e. The summed E-state index contributed by atoms with van der Waals surface area (Å²) in [4.78, 5) is 23.5. The second-order valence-electron chi connectivity index (χ2n) is 8.52. The maximum absolute atomic E-state index is 12.4. The number of allylic oxidation sites excluding steroid dienone is 1. The van der Waals surface area contributed by atoms with E-state index >= 15 is 0 Å². The summed E-state index contributed by atoms with van der Waals surface area (Å²) < 4.78 is 6.31. The molecule has 1 unspecified atom stereocenters. The first kappa shape index (κ1) is 22.2. The molecule has 1 aliphatic carbocycles. The molecule has 0 bridgehead atoms. The third-order valence-electron chi connectivity index (χ3n) is 5.30. The minimum absolute atomic E-state index is 0.0428. The van der Waals surface area contributed by atoms with Crippen LogP contribution in [0.5, 0.6) is 5.75 Å². The van der Waals surface area contributed by atoms with Gasteiger partial charge in [-0.15, -0.1) is 0 Å². The average Bonchev–Trinajstić information content (AvgIpc) is 2.58. The van der Waals surface area contributed by atoms with Crippen LogP contribution in [0.4, 0.5) is 0 Å². The van der Waals surface area contributed by atoms with Crippen LogP contribution in [0.15, 0.2) is 47.0 Å². The first-order valence-electron chi connectivity index (χ1n) is 9.26. The van der Waals surface area contributed by atoms with Gasteiger partial charge >= 0.3 is 5.97 Å². The first-order chi connectivity index (χ1) is 12.9. The van der Waals surface area contributed by atoms with Crippen LogP contribution in [-0.4, -0.2) is 25.3 Å². The van der Waals surface area contributed by atoms with Gasteiger partial charge in [0.15, 0.2) is 0 Å². The number of halogens is 1. The van der Waals surface area contributed by atoms with Gasteiger partial charge in [0.2, 0.25) is 14.2 Å². The molecule has 0 fully saturated rings. The Morgan fingerprint density at radius 3 is 2.57 bits per heavy atom. The van der Waals surface area contributed by atoms with Gasteiger partial charge in [0, 0.05) is 11.6 Å². The number of carboxylic acid groups (broad SMARTS) is 1. The summed E-state index contributed by atoms with van der Waals surface area (Å²) in [5, 5.41) is 12.2. The highest BCUT2D eigenvalue weighted by Gasteiger charge is 2.39. The highest BCUT2D eigenvalue weighted by Crippen LogP contribution is 2.37. The van der Waals surface area contributed by atoms with Gasteiger partial charge in [0.1, 0.15) is 5.75 Å². The van der Waals surface area contributed by atoms with Crippen molar-refractivity contribution >= 4 is 31.8 Å². The van der Waals surface area contributed by atoms with Crippen molar-refractivity contribution in [2.45, 2.75) is 51.9 Å². The molecule has 7 heteroatoms. The van der Waals surface area contributed by atoms with Crippen molar-refractivity contribution in [3.8, 4) is 5.75 Å². The van der Waals surface area contributed by atoms with Crippen molar-refractivity contribution in [1.82, 2.24) is 5.32 Å². The van der Waals surface area contributed by atoms with E-state index < -0.39 is 20.2 Å². The van der Waals surface area contributed by atoms with Crippen molar-refractivity contribution in [3.05, 3.63) is 52.6 Å². The van der Waals surface area contributed by atoms with E-state index in [1.165, 1.54) is 6.08 Å². The number of carbonyl (C=O) groups excluding carboxylic acids is 1. The van der Waals surface area contributed by atoms with E-state index in [2.05, 4.69) is 39.2 Å². The van der Waals surface area contributed by atoms with Crippen LogP contribution in [0.2, 0.25) is 18.1 Å². The molecule has 0 spiro atoms. The van der Waals surface area contributed by atoms with Gasteiger partial charge in [-0.05, 0) is 48.3 Å². The van der Waals surface area contributed by atoms with Gasteiger partial charge in [0.25, 0.3) is 0 Å². The Bertz CT molecular complexity index is 824. The molecule has 1 amide bonds. The van der Waals surface area contributed by atoms with Crippen molar-refractivity contribution < 1.29 is 19.1 Å². The molecular formula is C21H28ClNO4Si. The minimum atomic E-state index is -1.93. The molecular weight excluding hydrogens is 394 g/mol. The zero-order valence-corrected chi connectivity index (χ0v) is 18.8. The molecule has 1 aromatic rings. The van der Waals surface area contributed by atoms with E-state index in [1.807, 2.05) is 24.3 Å². The predicted octanol–water partition coefficient (Wildman–Crippen LogP) is 4.84. The molecule has 0 aromatic heterocycles. The van der Waals surface area contributed by atoms with Crippen LogP contribution in [0.3, 0.4) is 0 Å². The largest absolute Gasteiger partial charge is 0.543 e. The number of nitrogens with one attached hydrogen (secondary N) is 1. The molecule has 1 aromatic carbocycles. The summed E-state index contributed by atoms with van der Waals surface area (Å²) in [5.74, 6) is -0.927. The van der Waals surface area contributed by atoms with Crippen molar-refractivity contribution in [2.24, 2.45) is 5.92 Å². The second kappa shape index (κ2) is 8.53. The third kappa shape index (κ3) is 5.48. The highest BCUT2D eigenvalue weighted by molar-refractivity contribution is 6.74. The van der Waals surface area contributed by atoms with Crippen LogP contribution in [0, 0.1) is 5.92 Å². The summed E-state index contributed by atoms with van der Waals surface area (Å²) in [7, 11) is -1.93. The van der Waals surface area contributed by atoms with Crippen LogP contribution in [0.25, 0.3) is 0 Å². The fraction of sp³-hybridized carbons (Fsp3) is 0.429. The lowest BCUT2D eigenvalue weighted by atomic mass is 9.95. The van der Waals surface area contributed by atoms with E-state index in [0.29, 0.717) is 6.54 Å². The average molecular weight is 422 g/mol. The lowest BCUT2D eigenvalue weighted by Crippen LogP contribution is -2.43. The van der Waals surface area contributed by atoms with Gasteiger partial charge in [-0.25, -0.2) is 4.79 Å². The van der Waals surface area contributed by atoms with Crippen LogP contribution < -0.4 is 9.74 Å². The van der Waals surface area contributed by atoms with Crippen LogP contribution in [-0.2, 0) is 16.1 Å². The summed E-state index contributed by atoms with van der Waals surface area (Å²) >= 11 is 6.01. The molecule has 0 radical (unpaired) electrons. The Balaban J connectivity index is 1.98. The zero-order valence-electron chi connectivity index (χ0n) is 17.0. The fourth-order valence-electron chi connectivity index (χ4n) is 2.53. The Kier molecular flexibility index (Phi) is 6.78. The Hall–Kier alpha value is -2.05. The summed E-state index contributed by atoms with van der Waals surface area (Å²) in [5.41, 5.74) is 0.985. The number of amides is 1. The SMILES string of the molecule is CC(C)(C)[Si](C)(C)Oc1cccc(CNC(=O)C2C=CC(C(=O)O)=C(Cl)C2)c1. The maximum atomic E-state index is 12.4. The molecule has 152 valence electrons. The van der Waals surface area contributed by atoms with Gasteiger partial charge in [0.05, 0.1) is 11.5 Å². The standard InChI is InChI=1S/C21H28ClNO4Si/c1-21(2,3)28(4,5)27-16-8-6-7-14(11-16)13-23-19(24)15-9-10-17(20(25)26)18(22)12-15/h6-11,15H,12-13H2,1-5H3,(H,23,24)(H,25,26). The fourth-order valence-corrected chi connectivity index (χ4v) is 3.86. The molecule has 1 aliphatic rings. The summed E-state index contributed by atoms with van der Waals surface area (Å²) in [6.07, 6.45) is 3.17. The predicted molar refractivity (Wildman–Crippen MR) is 114 cm³/mol. The lowest BCUT2D eigenvalue weighted by molar-refractivity contribution is -0.132. The van der Waals surface area contributed by atoms with E-state index in [0.717, 1.165) is 11.3 Å². The number of hydrogen-bond donors (Lipinski definition) is 2. The second-order valence-corrected chi connectivity index (χ2v) is 13.7. The monoisotopic (exact) mass is 421 g/mol. The molecule has 0 heterocycles. The number of carboxylic acids is 1. The number of carbonyl (C=O) groups is 2. The summed E-state index contributed by atoms with van der Waals surface area (Å²) in [6.45, 7) is 11.3. The Morgan fingerprint density at radius 2 is 2.00 bits per heavy atom. The van der Waals surface area contributed by atoms with Gasteiger partial charge in [-0.1, -0.05) is 50.6 Å². The first-order valence-corrected chi connectivity index (χ1v) is 12.5. The van der Waals surface area contributed by atoms with Crippen LogP contribution in [0.1, 0.15) is 32.8 Å². The van der Waals surface area contributed by atoms with Crippen molar-refractivity contribution in [1.29, 1.82) is 0 Å². The number of benzene rings is 1. The Morgan fingerprint density at radius 1 is 1.32 bits per heavy atom. The maximum Gasteiger partial charge on any atom is 0.336 e. The number of rotatable bonds is 6. The smallest absolute Gasteiger partial charge is 0.336 e. The van der Waals surface area contributed by atoms with Crippen molar-refractivity contribution in [2.75, 3.05) is 0 Å². The topological polar surface area (TPSA) is 75.6 Å². The lowest BCUT2D eigenvalue weighted by Gasteiger charge is -2.36. The van der Waals surface area contributed by atoms with Gasteiger partial charge in [-0.2, -0.15) is 0 Å². The normalized spacial score (nSPS) is 17.4. The molecule has 0 saturated heterocycles. The number of aliphatic carboxylic acids is 1. The molecule has 2 rings (SSSR count). The molecule has 2 N–H and O–H groups in total. The summed E-state index contributed by atoms with van der Waals surface area (Å²) in [6, 6.07) is 7.74. The number of hydrogen-bond acceptors (Lipinski definition) is 3. The van der Waals surface area contributed by atoms with Crippen molar-refractivity contribution in [3.63, 3.8) is 0 Å². The third-order valence-corrected chi connectivity index (χ3v) is 10.0. The quantitative estimate of drug-likeness (QED) is 0.644. The van der Waals surface area contributed by atoms with E-state index in [4.69, 9.17) is 21.1 Å². The highest BCUT2D eigenvalue weighted by atomic mass is 35.5. The van der Waals surface area contributed by atoms with E-state index in [-0.39, 0.29) is 28.0 Å². The Labute approximate surface area is 172 Å². The van der Waals surface area contributed by atoms with E-state index in [1.54, 1.807) is 6.08 Å². The van der Waals surface area contributed by atoms with Crippen LogP contribution >= 0.6 is 11.6 Å². The zero-order chi connectivity index (χ0) is 21.1. The molecule has 0 saturated carbocycles. The molecule has 1 atom stereocenters. The van der Waals surface area contributed by atoms with Gasteiger partial charge in [-0.3, -0.25) is 4.79 Å². The molecule has 5 nitrogen and oxygen atoms in total. The molecule has 28 heavy (non-hydrogen) atoms. The van der Waals surface area contributed by atoms with Gasteiger partial charge < -0.3 is 14.8 Å².